The molecule has 2 heterocycles. The summed E-state index contributed by atoms with van der Waals surface area (Å²) in [5.74, 6) is -0.461. The third-order valence-electron chi connectivity index (χ3n) is 5.46. The molecule has 0 radical (unpaired) electrons. The molecule has 1 aliphatic rings. The van der Waals surface area contributed by atoms with Gasteiger partial charge in [0.25, 0.3) is 5.91 Å². The summed E-state index contributed by atoms with van der Waals surface area (Å²) in [6.45, 7) is 1.36. The molecule has 0 atom stereocenters. The molecule has 32 heavy (non-hydrogen) atoms. The van der Waals surface area contributed by atoms with Gasteiger partial charge in [0, 0.05) is 44.0 Å². The number of nitrogens with zero attached hydrogens (tertiary/aromatic N) is 2. The molecule has 3 aromatic rings. The van der Waals surface area contributed by atoms with E-state index < -0.39 is 11.7 Å². The number of carbonyl (C=O) groups excluding carboxylic acids is 2. The predicted molar refractivity (Wildman–Crippen MR) is 116 cm³/mol. The zero-order chi connectivity index (χ0) is 22.7. The molecule has 0 spiro atoms. The summed E-state index contributed by atoms with van der Waals surface area (Å²) in [6, 6.07) is 13.7. The molecule has 2 aromatic carbocycles. The molecule has 0 aliphatic carbocycles. The van der Waals surface area contributed by atoms with Crippen molar-refractivity contribution in [2.75, 3.05) is 26.2 Å². The first-order valence-corrected chi connectivity index (χ1v) is 10.7. The van der Waals surface area contributed by atoms with Crippen LogP contribution in [-0.2, 0) is 11.2 Å². The number of rotatable bonds is 5. The normalized spacial score (nSPS) is 14.0. The highest BCUT2D eigenvalue weighted by molar-refractivity contribution is 6.31. The largest absolute Gasteiger partial charge is 0.461 e. The van der Waals surface area contributed by atoms with Gasteiger partial charge in [0.1, 0.15) is 23.2 Å². The highest BCUT2D eigenvalue weighted by Gasteiger charge is 2.26. The van der Waals surface area contributed by atoms with Crippen molar-refractivity contribution in [3.8, 4) is 11.3 Å². The smallest absolute Gasteiger partial charge is 0.257 e. The summed E-state index contributed by atoms with van der Waals surface area (Å²) < 4.78 is 33.6. The van der Waals surface area contributed by atoms with E-state index in [1.165, 1.54) is 29.2 Å². The third-order valence-corrected chi connectivity index (χ3v) is 5.70. The number of carbonyl (C=O) groups is 2. The standard InChI is InChI=1S/C24H21ClF2N2O3/c25-16-5-8-21(27)19(15-16)24(31)29-13-11-28(12-14-29)23(30)10-7-17-6-9-22(32-17)18-3-1-2-4-20(18)26/h1-6,8-9,15H,7,10-14H2. The molecule has 1 aromatic heterocycles. The molecule has 0 N–H and O–H groups in total. The lowest BCUT2D eigenvalue weighted by Crippen LogP contribution is -2.50. The van der Waals surface area contributed by atoms with E-state index in [4.69, 9.17) is 16.0 Å². The van der Waals surface area contributed by atoms with Gasteiger partial charge in [0.05, 0.1) is 11.1 Å². The Morgan fingerprint density at radius 2 is 1.62 bits per heavy atom. The third kappa shape index (κ3) is 4.83. The Morgan fingerprint density at radius 1 is 0.906 bits per heavy atom. The van der Waals surface area contributed by atoms with Crippen LogP contribution >= 0.6 is 11.6 Å². The van der Waals surface area contributed by atoms with E-state index >= 15 is 0 Å². The molecular formula is C24H21ClF2N2O3. The van der Waals surface area contributed by atoms with E-state index in [2.05, 4.69) is 0 Å². The number of aryl methyl sites for hydroxylation is 1. The molecule has 1 saturated heterocycles. The number of benzene rings is 2. The van der Waals surface area contributed by atoms with E-state index in [1.54, 1.807) is 35.2 Å². The maximum atomic E-state index is 14.0. The summed E-state index contributed by atoms with van der Waals surface area (Å²) in [5.41, 5.74) is 0.308. The van der Waals surface area contributed by atoms with Gasteiger partial charge in [-0.15, -0.1) is 0 Å². The van der Waals surface area contributed by atoms with Crippen molar-refractivity contribution >= 4 is 23.4 Å². The number of hydrogen-bond acceptors (Lipinski definition) is 3. The van der Waals surface area contributed by atoms with Crippen LogP contribution in [-0.4, -0.2) is 47.8 Å². The van der Waals surface area contributed by atoms with Gasteiger partial charge in [-0.2, -0.15) is 0 Å². The van der Waals surface area contributed by atoms with Gasteiger partial charge in [-0.1, -0.05) is 23.7 Å². The summed E-state index contributed by atoms with van der Waals surface area (Å²) >= 11 is 5.88. The molecule has 0 unspecified atom stereocenters. The maximum absolute atomic E-state index is 14.0. The number of hydrogen-bond donors (Lipinski definition) is 0. The Bertz CT molecular complexity index is 1140. The zero-order valence-electron chi connectivity index (χ0n) is 17.2. The molecule has 0 bridgehead atoms. The summed E-state index contributed by atoms with van der Waals surface area (Å²) in [7, 11) is 0. The van der Waals surface area contributed by atoms with Gasteiger partial charge < -0.3 is 14.2 Å². The summed E-state index contributed by atoms with van der Waals surface area (Å²) in [6.07, 6.45) is 0.626. The van der Waals surface area contributed by atoms with Crippen LogP contribution in [0.15, 0.2) is 59.0 Å². The van der Waals surface area contributed by atoms with Gasteiger partial charge in [-0.05, 0) is 42.5 Å². The van der Waals surface area contributed by atoms with E-state index in [9.17, 15) is 18.4 Å². The monoisotopic (exact) mass is 458 g/mol. The molecule has 166 valence electrons. The van der Waals surface area contributed by atoms with Crippen molar-refractivity contribution < 1.29 is 22.8 Å². The van der Waals surface area contributed by atoms with Crippen molar-refractivity contribution in [2.45, 2.75) is 12.8 Å². The lowest BCUT2D eigenvalue weighted by Gasteiger charge is -2.35. The Morgan fingerprint density at radius 3 is 2.38 bits per heavy atom. The van der Waals surface area contributed by atoms with Crippen LogP contribution in [0.25, 0.3) is 11.3 Å². The number of piperazine rings is 1. The Hall–Kier alpha value is -3.19. The minimum Gasteiger partial charge on any atom is -0.461 e. The Labute approximate surface area is 189 Å². The van der Waals surface area contributed by atoms with Crippen molar-refractivity contribution in [1.29, 1.82) is 0 Å². The molecular weight excluding hydrogens is 438 g/mol. The summed E-state index contributed by atoms with van der Waals surface area (Å²) in [4.78, 5) is 28.4. The second-order valence-electron chi connectivity index (χ2n) is 7.54. The Balaban J connectivity index is 1.29. The lowest BCUT2D eigenvalue weighted by atomic mass is 10.1. The number of amides is 2. The average molecular weight is 459 g/mol. The Kier molecular flexibility index (Phi) is 6.55. The topological polar surface area (TPSA) is 53.8 Å². The second kappa shape index (κ2) is 9.53. The quantitative estimate of drug-likeness (QED) is 0.552. The molecule has 8 heteroatoms. The number of furan rings is 1. The number of halogens is 3. The fourth-order valence-electron chi connectivity index (χ4n) is 3.70. The minimum atomic E-state index is -0.619. The van der Waals surface area contributed by atoms with Gasteiger partial charge in [-0.3, -0.25) is 9.59 Å². The van der Waals surface area contributed by atoms with Gasteiger partial charge in [-0.25, -0.2) is 8.78 Å². The fourth-order valence-corrected chi connectivity index (χ4v) is 3.87. The van der Waals surface area contributed by atoms with E-state index in [-0.39, 0.29) is 23.7 Å². The van der Waals surface area contributed by atoms with E-state index in [1.807, 2.05) is 0 Å². The van der Waals surface area contributed by atoms with E-state index in [0.29, 0.717) is 54.7 Å². The summed E-state index contributed by atoms with van der Waals surface area (Å²) in [5, 5.41) is 0.291. The first-order valence-electron chi connectivity index (χ1n) is 10.3. The SMILES string of the molecule is O=C(CCc1ccc(-c2ccccc2F)o1)N1CCN(C(=O)c2cc(Cl)ccc2F)CC1. The van der Waals surface area contributed by atoms with Crippen molar-refractivity contribution in [2.24, 2.45) is 0 Å². The van der Waals surface area contributed by atoms with Crippen molar-refractivity contribution in [1.82, 2.24) is 9.80 Å². The van der Waals surface area contributed by atoms with Crippen molar-refractivity contribution in [3.63, 3.8) is 0 Å². The predicted octanol–water partition coefficient (Wildman–Crippen LogP) is 4.80. The second-order valence-corrected chi connectivity index (χ2v) is 7.98. The first-order chi connectivity index (χ1) is 15.4. The van der Waals surface area contributed by atoms with Crippen LogP contribution in [0.1, 0.15) is 22.5 Å². The van der Waals surface area contributed by atoms with E-state index in [0.717, 1.165) is 0 Å². The van der Waals surface area contributed by atoms with Crippen LogP contribution < -0.4 is 0 Å². The average Bonchev–Trinajstić information content (AvgIpc) is 3.28. The first kappa shape index (κ1) is 22.0. The van der Waals surface area contributed by atoms with Gasteiger partial charge >= 0.3 is 0 Å². The zero-order valence-corrected chi connectivity index (χ0v) is 17.9. The van der Waals surface area contributed by atoms with Crippen LogP contribution in [0.3, 0.4) is 0 Å². The van der Waals surface area contributed by atoms with Crippen LogP contribution in [0.4, 0.5) is 8.78 Å². The van der Waals surface area contributed by atoms with Crippen LogP contribution in [0.5, 0.6) is 0 Å². The minimum absolute atomic E-state index is 0.0603. The highest BCUT2D eigenvalue weighted by atomic mass is 35.5. The van der Waals surface area contributed by atoms with Crippen molar-refractivity contribution in [3.05, 3.63) is 82.6 Å². The molecule has 1 aliphatic heterocycles. The molecule has 2 amide bonds. The van der Waals surface area contributed by atoms with Gasteiger partial charge in [0.15, 0.2) is 0 Å². The van der Waals surface area contributed by atoms with Gasteiger partial charge in [0.2, 0.25) is 5.91 Å². The molecule has 4 rings (SSSR count). The maximum Gasteiger partial charge on any atom is 0.257 e. The molecule has 0 saturated carbocycles. The van der Waals surface area contributed by atoms with Crippen LogP contribution in [0, 0.1) is 11.6 Å². The molecule has 5 nitrogen and oxygen atoms in total. The highest BCUT2D eigenvalue weighted by Crippen LogP contribution is 2.25. The molecule has 1 fully saturated rings. The lowest BCUT2D eigenvalue weighted by molar-refractivity contribution is -0.132. The fraction of sp³-hybridized carbons (Fsp3) is 0.250. The van der Waals surface area contributed by atoms with Crippen LogP contribution in [0.2, 0.25) is 5.02 Å².